The van der Waals surface area contributed by atoms with Crippen LogP contribution in [0.2, 0.25) is 0 Å². The van der Waals surface area contributed by atoms with E-state index in [9.17, 15) is 19.0 Å². The van der Waals surface area contributed by atoms with Gasteiger partial charge in [0.05, 0.1) is 27.7 Å². The fraction of sp³-hybridized carbons (Fsp3) is 0.707. The number of unbranched alkanes of at least 4 members (excludes halogenated alkanes) is 33. The zero-order valence-electron chi connectivity index (χ0n) is 60.2. The molecule has 0 radical (unpaired) electrons. The van der Waals surface area contributed by atoms with Crippen molar-refractivity contribution in [3.63, 3.8) is 0 Å². The second-order valence-electron chi connectivity index (χ2n) is 26.3. The van der Waals surface area contributed by atoms with E-state index in [0.29, 0.717) is 17.4 Å². The van der Waals surface area contributed by atoms with Crippen LogP contribution in [0.25, 0.3) is 0 Å². The van der Waals surface area contributed by atoms with E-state index >= 15 is 0 Å². The quantitative estimate of drug-likeness (QED) is 0.0211. The highest BCUT2D eigenvalue weighted by atomic mass is 31.2. The molecule has 0 aromatic carbocycles. The monoisotopic (exact) mass is 1300 g/mol. The average Bonchev–Trinajstić information content (AvgIpc) is 2.34. The minimum atomic E-state index is -4.41. The number of rotatable bonds is 69. The summed E-state index contributed by atoms with van der Waals surface area (Å²) in [6.45, 7) is 4.33. The third-order valence-corrected chi connectivity index (χ3v) is 17.1. The van der Waals surface area contributed by atoms with Gasteiger partial charge in [0.1, 0.15) is 19.8 Å². The van der Waals surface area contributed by atoms with Gasteiger partial charge < -0.3 is 18.9 Å². The number of hydrogen-bond donors (Lipinski definition) is 1. The Morgan fingerprint density at radius 2 is 0.620 bits per heavy atom. The normalized spacial score (nSPS) is 13.8. The van der Waals surface area contributed by atoms with E-state index in [2.05, 4.69) is 148 Å². The molecule has 0 aliphatic rings. The summed E-state index contributed by atoms with van der Waals surface area (Å²) >= 11 is 0. The number of ether oxygens (including phenoxy) is 2. The van der Waals surface area contributed by atoms with Crippen LogP contribution in [-0.2, 0) is 32.7 Å². The maximum Gasteiger partial charge on any atom is 0.472 e. The number of carbonyl (C=O) groups excluding carboxylic acids is 2. The summed E-state index contributed by atoms with van der Waals surface area (Å²) in [6, 6.07) is 0. The van der Waals surface area contributed by atoms with Crippen LogP contribution in [0.3, 0.4) is 0 Å². The number of esters is 2. The highest BCUT2D eigenvalue weighted by molar-refractivity contribution is 7.47. The molecule has 0 aliphatic carbocycles. The van der Waals surface area contributed by atoms with Gasteiger partial charge in [-0.15, -0.1) is 0 Å². The third kappa shape index (κ3) is 75.2. The molecule has 9 nitrogen and oxygen atoms in total. The van der Waals surface area contributed by atoms with Crippen molar-refractivity contribution in [2.45, 2.75) is 328 Å². The lowest BCUT2D eigenvalue weighted by atomic mass is 10.0. The molecule has 0 heterocycles. The Hall–Kier alpha value is -3.85. The molecule has 2 atom stereocenters. The van der Waals surface area contributed by atoms with Crippen molar-refractivity contribution >= 4 is 19.8 Å². The second-order valence-corrected chi connectivity index (χ2v) is 27.8. The lowest BCUT2D eigenvalue weighted by Crippen LogP contribution is -2.37. The summed E-state index contributed by atoms with van der Waals surface area (Å²) in [5.74, 6) is -0.811. The van der Waals surface area contributed by atoms with Gasteiger partial charge in [0.15, 0.2) is 6.10 Å². The van der Waals surface area contributed by atoms with E-state index in [0.717, 1.165) is 122 Å². The van der Waals surface area contributed by atoms with Crippen molar-refractivity contribution in [2.24, 2.45) is 0 Å². The van der Waals surface area contributed by atoms with Gasteiger partial charge in [-0.2, -0.15) is 0 Å². The molecule has 0 saturated carbocycles. The molecule has 0 rings (SSSR count). The van der Waals surface area contributed by atoms with Crippen molar-refractivity contribution < 1.29 is 42.1 Å². The van der Waals surface area contributed by atoms with Gasteiger partial charge in [-0.3, -0.25) is 18.6 Å². The Balaban J connectivity index is 4.09. The Morgan fingerprint density at radius 1 is 0.348 bits per heavy atom. The second kappa shape index (κ2) is 71.4. The number of nitrogens with zero attached hydrogens (tertiary/aromatic N) is 1. The van der Waals surface area contributed by atoms with Crippen LogP contribution >= 0.6 is 7.82 Å². The van der Waals surface area contributed by atoms with Gasteiger partial charge in [-0.1, -0.05) is 327 Å². The van der Waals surface area contributed by atoms with Crippen LogP contribution in [0.4, 0.5) is 0 Å². The topological polar surface area (TPSA) is 108 Å². The Bertz CT molecular complexity index is 2020. The van der Waals surface area contributed by atoms with Crippen molar-refractivity contribution in [2.75, 3.05) is 47.5 Å². The lowest BCUT2D eigenvalue weighted by Gasteiger charge is -2.24. The molecule has 0 bridgehead atoms. The van der Waals surface area contributed by atoms with E-state index in [4.69, 9.17) is 18.5 Å². The molecule has 10 heteroatoms. The van der Waals surface area contributed by atoms with Gasteiger partial charge in [-0.25, -0.2) is 4.57 Å². The number of likely N-dealkylation sites (N-methyl/N-ethyl adjacent to an activating group) is 1. The molecule has 0 aromatic rings. The predicted octanol–water partition coefficient (Wildman–Crippen LogP) is 25.2. The number of allylic oxidation sites excluding steroid dienone is 22. The number of phosphoric ester groups is 1. The largest absolute Gasteiger partial charge is 0.472 e. The first-order chi connectivity index (χ1) is 45.0. The van der Waals surface area contributed by atoms with Crippen molar-refractivity contribution in [3.8, 4) is 0 Å². The van der Waals surface area contributed by atoms with Crippen LogP contribution in [0.15, 0.2) is 134 Å². The summed E-state index contributed by atoms with van der Waals surface area (Å²) in [4.78, 5) is 35.9. The molecule has 2 unspecified atom stereocenters. The SMILES string of the molecule is CC/C=C\C/C=C\C/C=C\C/C=C\C/C=C\C/C=C\C/C=C\C/C=C\C/C=C\C/C=C\CCCCCCCCC(=O)OC(COC(=O)CCCCCCCCCCCCCCCCCCCCC/C=C\CCCCCCCCCC)COP(=O)(O)OCC[N+](C)(C)C. The first kappa shape index (κ1) is 88.2. The molecular weight excluding hydrogens is 1160 g/mol. The highest BCUT2D eigenvalue weighted by Gasteiger charge is 2.27. The smallest absolute Gasteiger partial charge is 0.462 e. The number of hydrogen-bond acceptors (Lipinski definition) is 7. The van der Waals surface area contributed by atoms with Crippen molar-refractivity contribution in [1.29, 1.82) is 0 Å². The first-order valence-corrected chi connectivity index (χ1v) is 39.4. The maximum absolute atomic E-state index is 12.9. The maximum atomic E-state index is 12.9. The summed E-state index contributed by atoms with van der Waals surface area (Å²) in [7, 11) is 1.46. The summed E-state index contributed by atoms with van der Waals surface area (Å²) in [5, 5.41) is 0. The zero-order valence-corrected chi connectivity index (χ0v) is 61.1. The van der Waals surface area contributed by atoms with Gasteiger partial charge in [0.25, 0.3) is 0 Å². The molecule has 1 N–H and O–H groups in total. The Kier molecular flexibility index (Phi) is 68.5. The Labute approximate surface area is 568 Å². The van der Waals surface area contributed by atoms with Crippen LogP contribution < -0.4 is 0 Å². The van der Waals surface area contributed by atoms with Crippen molar-refractivity contribution in [3.05, 3.63) is 134 Å². The van der Waals surface area contributed by atoms with Crippen molar-refractivity contribution in [1.82, 2.24) is 0 Å². The fourth-order valence-electron chi connectivity index (χ4n) is 10.4. The first-order valence-electron chi connectivity index (χ1n) is 37.9. The molecule has 528 valence electrons. The van der Waals surface area contributed by atoms with E-state index in [1.165, 1.54) is 167 Å². The summed E-state index contributed by atoms with van der Waals surface area (Å²) < 4.78 is 34.8. The van der Waals surface area contributed by atoms with Crippen LogP contribution in [0, 0.1) is 0 Å². The molecule has 0 aromatic heterocycles. The number of carbonyl (C=O) groups is 2. The average molecular weight is 1300 g/mol. The fourth-order valence-corrected chi connectivity index (χ4v) is 11.1. The van der Waals surface area contributed by atoms with E-state index < -0.39 is 26.5 Å². The zero-order chi connectivity index (χ0) is 66.9. The van der Waals surface area contributed by atoms with Crippen LogP contribution in [-0.4, -0.2) is 74.9 Å². The third-order valence-electron chi connectivity index (χ3n) is 16.2. The number of phosphoric acid groups is 1. The molecule has 92 heavy (non-hydrogen) atoms. The molecule has 0 saturated heterocycles. The number of quaternary nitrogens is 1. The molecule has 0 aliphatic heterocycles. The van der Waals surface area contributed by atoms with E-state index in [1.807, 2.05) is 21.1 Å². The predicted molar refractivity (Wildman–Crippen MR) is 399 cm³/mol. The lowest BCUT2D eigenvalue weighted by molar-refractivity contribution is -0.870. The summed E-state index contributed by atoms with van der Waals surface area (Å²) in [6.07, 6.45) is 104. The minimum absolute atomic E-state index is 0.0233. The standard InChI is InChI=1S/C82H142NO8P/c1-6-8-10-12-14-16-18-20-22-24-26-28-30-32-34-36-38-39-40-41-42-43-45-47-49-51-53-55-57-59-61-63-65-67-69-71-73-75-82(85)91-80(79-90-92(86,87)89-77-76-83(3,4)5)78-88-81(84)74-72-70-68-66-64-62-60-58-56-54-52-50-48-46-44-37-35-33-31-29-27-25-23-21-19-17-15-13-11-9-7-2/h8,10,14,16,20,22,25-28,32,34,38-39,41-42,45,47,51,53,57,59,80H,6-7,9,11-13,15,17-19,21,23-24,29-31,33,35-37,40,43-44,46,48-50,52,54-56,58,60-79H2,1-5H3/p+1/b10-8-,16-14-,22-20-,27-25-,28-26-,34-32-,39-38-,42-41-,47-45-,53-51-,59-57-. The van der Waals surface area contributed by atoms with Crippen LogP contribution in [0.1, 0.15) is 322 Å². The molecule has 0 fully saturated rings. The van der Waals surface area contributed by atoms with E-state index in [-0.39, 0.29) is 32.0 Å². The summed E-state index contributed by atoms with van der Waals surface area (Å²) in [5.41, 5.74) is 0. The van der Waals surface area contributed by atoms with Crippen LogP contribution in [0.5, 0.6) is 0 Å². The molecular formula is C82H143NO8P+. The van der Waals surface area contributed by atoms with E-state index in [1.54, 1.807) is 0 Å². The molecule has 0 spiro atoms. The van der Waals surface area contributed by atoms with Gasteiger partial charge in [0, 0.05) is 12.8 Å². The molecule has 0 amide bonds. The Morgan fingerprint density at radius 3 is 0.935 bits per heavy atom. The van der Waals surface area contributed by atoms with Gasteiger partial charge in [-0.05, 0) is 116 Å². The van der Waals surface area contributed by atoms with Gasteiger partial charge in [0.2, 0.25) is 0 Å². The minimum Gasteiger partial charge on any atom is -0.462 e. The van der Waals surface area contributed by atoms with Gasteiger partial charge >= 0.3 is 19.8 Å². The highest BCUT2D eigenvalue weighted by Crippen LogP contribution is 2.43.